The first-order valence-electron chi connectivity index (χ1n) is 5.76. The zero-order chi connectivity index (χ0) is 12.7. The zero-order valence-corrected chi connectivity index (χ0v) is 10.4. The predicted molar refractivity (Wildman–Crippen MR) is 58.1 cm³/mol. The van der Waals surface area contributed by atoms with Crippen LogP contribution in [0.1, 0.15) is 20.3 Å². The van der Waals surface area contributed by atoms with E-state index in [1.807, 2.05) is 6.92 Å². The lowest BCUT2D eigenvalue weighted by Crippen LogP contribution is -2.47. The minimum absolute atomic E-state index is 0.0623. The van der Waals surface area contributed by atoms with Gasteiger partial charge in [0.2, 0.25) is 0 Å². The number of carbonyl (C=O) groups excluding carboxylic acids is 2. The third-order valence-corrected chi connectivity index (χ3v) is 4.17. The third-order valence-electron chi connectivity index (χ3n) is 4.17. The number of hydrogen-bond acceptors (Lipinski definition) is 5. The first-order valence-corrected chi connectivity index (χ1v) is 5.76. The summed E-state index contributed by atoms with van der Waals surface area (Å²) in [5.74, 6) is -0.630. The van der Waals surface area contributed by atoms with E-state index < -0.39 is 16.8 Å². The Balaban J connectivity index is 2.33. The molecule has 5 heteroatoms. The first-order chi connectivity index (χ1) is 7.97. The molecule has 5 nitrogen and oxygen atoms in total. The molecule has 0 N–H and O–H groups in total. The maximum Gasteiger partial charge on any atom is 0.319 e. The van der Waals surface area contributed by atoms with Gasteiger partial charge in [0, 0.05) is 0 Å². The van der Waals surface area contributed by atoms with Crippen LogP contribution >= 0.6 is 0 Å². The summed E-state index contributed by atoms with van der Waals surface area (Å²) in [5, 5.41) is 0. The topological polar surface area (TPSA) is 61.8 Å². The fourth-order valence-corrected chi connectivity index (χ4v) is 2.99. The van der Waals surface area contributed by atoms with Crippen molar-refractivity contribution in [3.05, 3.63) is 0 Å². The SMILES string of the molecule is COC(=O)C1(C)C(=O)C2(COCOC2)CC1C. The molecule has 1 spiro atoms. The van der Waals surface area contributed by atoms with E-state index in [9.17, 15) is 9.59 Å². The van der Waals surface area contributed by atoms with Gasteiger partial charge >= 0.3 is 5.97 Å². The van der Waals surface area contributed by atoms with E-state index in [2.05, 4.69) is 0 Å². The molecule has 0 amide bonds. The minimum atomic E-state index is -1.07. The Hall–Kier alpha value is -0.940. The van der Waals surface area contributed by atoms with Crippen molar-refractivity contribution >= 4 is 11.8 Å². The predicted octanol–water partition coefficient (Wildman–Crippen LogP) is 0.765. The highest BCUT2D eigenvalue weighted by atomic mass is 16.7. The molecule has 0 aromatic carbocycles. The Bertz CT molecular complexity index is 345. The number of ether oxygens (including phenoxy) is 3. The van der Waals surface area contributed by atoms with Gasteiger partial charge in [-0.1, -0.05) is 6.92 Å². The average Bonchev–Trinajstić information content (AvgIpc) is 2.52. The smallest absolute Gasteiger partial charge is 0.319 e. The molecule has 2 unspecified atom stereocenters. The van der Waals surface area contributed by atoms with Gasteiger partial charge < -0.3 is 14.2 Å². The molecule has 1 saturated heterocycles. The van der Waals surface area contributed by atoms with Crippen LogP contribution in [0, 0.1) is 16.7 Å². The Labute approximate surface area is 100 Å². The molecule has 2 fully saturated rings. The average molecular weight is 242 g/mol. The Kier molecular flexibility index (Phi) is 2.99. The van der Waals surface area contributed by atoms with Crippen molar-refractivity contribution < 1.29 is 23.8 Å². The van der Waals surface area contributed by atoms with Crippen molar-refractivity contribution in [1.29, 1.82) is 0 Å². The fraction of sp³-hybridized carbons (Fsp3) is 0.833. The summed E-state index contributed by atoms with van der Waals surface area (Å²) in [6, 6.07) is 0. The van der Waals surface area contributed by atoms with Crippen LogP contribution < -0.4 is 0 Å². The number of rotatable bonds is 1. The number of esters is 1. The quantitative estimate of drug-likeness (QED) is 0.502. The van der Waals surface area contributed by atoms with Crippen LogP contribution in [0.25, 0.3) is 0 Å². The van der Waals surface area contributed by atoms with E-state index in [-0.39, 0.29) is 18.5 Å². The van der Waals surface area contributed by atoms with Gasteiger partial charge in [0.05, 0.1) is 25.7 Å². The van der Waals surface area contributed by atoms with Crippen molar-refractivity contribution in [2.45, 2.75) is 20.3 Å². The molecule has 0 aromatic rings. The van der Waals surface area contributed by atoms with Crippen LogP contribution in [0.5, 0.6) is 0 Å². The van der Waals surface area contributed by atoms with E-state index >= 15 is 0 Å². The lowest BCUT2D eigenvalue weighted by molar-refractivity contribution is -0.177. The van der Waals surface area contributed by atoms with Crippen LogP contribution in [0.15, 0.2) is 0 Å². The van der Waals surface area contributed by atoms with E-state index in [1.54, 1.807) is 6.92 Å². The first kappa shape index (κ1) is 12.5. The second-order valence-corrected chi connectivity index (χ2v) is 5.22. The van der Waals surface area contributed by atoms with Gasteiger partial charge in [0.1, 0.15) is 12.2 Å². The van der Waals surface area contributed by atoms with Crippen molar-refractivity contribution in [2.24, 2.45) is 16.7 Å². The summed E-state index contributed by atoms with van der Waals surface area (Å²) in [6.45, 7) is 4.46. The third kappa shape index (κ3) is 1.60. The molecule has 0 radical (unpaired) electrons. The Morgan fingerprint density at radius 3 is 2.53 bits per heavy atom. The van der Waals surface area contributed by atoms with Crippen molar-refractivity contribution in [3.8, 4) is 0 Å². The summed E-state index contributed by atoms with van der Waals surface area (Å²) in [6.07, 6.45) is 0.609. The van der Waals surface area contributed by atoms with E-state index in [0.29, 0.717) is 19.6 Å². The zero-order valence-electron chi connectivity index (χ0n) is 10.4. The summed E-state index contributed by atoms with van der Waals surface area (Å²) < 4.78 is 15.2. The van der Waals surface area contributed by atoms with Gasteiger partial charge in [-0.25, -0.2) is 0 Å². The second kappa shape index (κ2) is 4.07. The van der Waals surface area contributed by atoms with Gasteiger partial charge in [-0.2, -0.15) is 0 Å². The maximum absolute atomic E-state index is 12.6. The Morgan fingerprint density at radius 1 is 1.41 bits per heavy atom. The maximum atomic E-state index is 12.6. The monoisotopic (exact) mass is 242 g/mol. The molecule has 96 valence electrons. The Morgan fingerprint density at radius 2 is 2.00 bits per heavy atom. The van der Waals surface area contributed by atoms with Gasteiger partial charge in [-0.3, -0.25) is 9.59 Å². The molecule has 2 aliphatic rings. The van der Waals surface area contributed by atoms with Gasteiger partial charge in [-0.05, 0) is 19.3 Å². The fourth-order valence-electron chi connectivity index (χ4n) is 2.99. The van der Waals surface area contributed by atoms with Crippen LogP contribution in [0.3, 0.4) is 0 Å². The normalized spacial score (nSPS) is 36.2. The number of hydrogen-bond donors (Lipinski definition) is 0. The molecular weight excluding hydrogens is 224 g/mol. The van der Waals surface area contributed by atoms with Gasteiger partial charge in [-0.15, -0.1) is 0 Å². The highest BCUT2D eigenvalue weighted by molar-refractivity contribution is 6.08. The van der Waals surface area contributed by atoms with E-state index in [1.165, 1.54) is 7.11 Å². The van der Waals surface area contributed by atoms with Crippen LogP contribution in [-0.2, 0) is 23.8 Å². The standard InChI is InChI=1S/C12H18O5/c1-8-4-12(5-16-7-17-6-12)9(13)11(8,2)10(14)15-3/h8H,4-7H2,1-3H3. The molecule has 1 heterocycles. The van der Waals surface area contributed by atoms with Crippen molar-refractivity contribution in [2.75, 3.05) is 27.1 Å². The minimum Gasteiger partial charge on any atom is -0.468 e. The molecule has 2 rings (SSSR count). The number of Topliss-reactive ketones (excluding diaryl/α,β-unsaturated/α-hetero) is 1. The molecular formula is C12H18O5. The molecule has 0 aromatic heterocycles. The summed E-state index contributed by atoms with van der Waals surface area (Å²) in [4.78, 5) is 24.4. The molecule has 17 heavy (non-hydrogen) atoms. The summed E-state index contributed by atoms with van der Waals surface area (Å²) in [7, 11) is 1.31. The summed E-state index contributed by atoms with van der Waals surface area (Å²) >= 11 is 0. The largest absolute Gasteiger partial charge is 0.468 e. The van der Waals surface area contributed by atoms with Crippen molar-refractivity contribution in [1.82, 2.24) is 0 Å². The van der Waals surface area contributed by atoms with Crippen LogP contribution in [0.4, 0.5) is 0 Å². The van der Waals surface area contributed by atoms with Crippen LogP contribution in [-0.4, -0.2) is 38.9 Å². The van der Waals surface area contributed by atoms with E-state index in [0.717, 1.165) is 0 Å². The van der Waals surface area contributed by atoms with Crippen molar-refractivity contribution in [3.63, 3.8) is 0 Å². The molecule has 0 bridgehead atoms. The molecule has 1 aliphatic carbocycles. The molecule has 2 atom stereocenters. The number of ketones is 1. The van der Waals surface area contributed by atoms with Gasteiger partial charge in [0.15, 0.2) is 5.78 Å². The number of methoxy groups -OCH3 is 1. The lowest BCUT2D eigenvalue weighted by atomic mass is 9.77. The highest BCUT2D eigenvalue weighted by Crippen LogP contribution is 2.51. The molecule has 1 aliphatic heterocycles. The highest BCUT2D eigenvalue weighted by Gasteiger charge is 2.63. The lowest BCUT2D eigenvalue weighted by Gasteiger charge is -2.32. The second-order valence-electron chi connectivity index (χ2n) is 5.22. The molecule has 1 saturated carbocycles. The summed E-state index contributed by atoms with van der Waals surface area (Å²) in [5.41, 5.74) is -1.74. The van der Waals surface area contributed by atoms with Gasteiger partial charge in [0.25, 0.3) is 0 Å². The van der Waals surface area contributed by atoms with Crippen LogP contribution in [0.2, 0.25) is 0 Å². The number of carbonyl (C=O) groups is 2. The van der Waals surface area contributed by atoms with E-state index in [4.69, 9.17) is 14.2 Å².